The van der Waals surface area contributed by atoms with Crippen LogP contribution in [-0.4, -0.2) is 77.1 Å². The quantitative estimate of drug-likeness (QED) is 0.205. The van der Waals surface area contributed by atoms with Gasteiger partial charge in [0.2, 0.25) is 17.6 Å². The number of carbonyl (C=O) groups excluding carboxylic acids is 6. The van der Waals surface area contributed by atoms with E-state index in [-0.39, 0.29) is 48.8 Å². The molecule has 1 saturated carbocycles. The van der Waals surface area contributed by atoms with Gasteiger partial charge in [-0.25, -0.2) is 4.79 Å². The number of nitrogens with one attached hydrogen (secondary N) is 3. The van der Waals surface area contributed by atoms with Crippen molar-refractivity contribution in [3.8, 4) is 0 Å². The Morgan fingerprint density at radius 2 is 1.66 bits per heavy atom. The Morgan fingerprint density at radius 3 is 2.23 bits per heavy atom. The molecule has 3 N–H and O–H groups in total. The monoisotopic (exact) mass is 652 g/mol. The summed E-state index contributed by atoms with van der Waals surface area (Å²) in [5.74, 6) is -2.87. The number of ether oxygens (including phenoxy) is 1. The molecule has 2 unspecified atom stereocenters. The molecule has 1 aromatic carbocycles. The van der Waals surface area contributed by atoms with Crippen molar-refractivity contribution in [2.24, 2.45) is 22.7 Å². The summed E-state index contributed by atoms with van der Waals surface area (Å²) in [6, 6.07) is 6.20. The van der Waals surface area contributed by atoms with Crippen molar-refractivity contribution in [3.05, 3.63) is 48.6 Å². The predicted octanol–water partition coefficient (Wildman–Crippen LogP) is 3.75. The normalized spacial score (nSPS) is 21.0. The molecule has 1 aliphatic carbocycles. The number of Topliss-reactive ketones (excluding diaryl/α,β-unsaturated/α-hetero) is 2. The molecule has 1 saturated heterocycles. The van der Waals surface area contributed by atoms with Crippen LogP contribution in [-0.2, 0) is 35.1 Å². The van der Waals surface area contributed by atoms with Crippen LogP contribution >= 0.6 is 0 Å². The van der Waals surface area contributed by atoms with Crippen molar-refractivity contribution in [3.63, 3.8) is 0 Å². The number of hydrogen-bond donors (Lipinski definition) is 3. The van der Waals surface area contributed by atoms with Crippen LogP contribution in [0.3, 0.4) is 0 Å². The van der Waals surface area contributed by atoms with Crippen molar-refractivity contribution >= 4 is 35.4 Å². The van der Waals surface area contributed by atoms with Crippen LogP contribution in [0.1, 0.15) is 80.2 Å². The Hall–Kier alpha value is -4.02. The summed E-state index contributed by atoms with van der Waals surface area (Å²) >= 11 is 0. The van der Waals surface area contributed by atoms with E-state index in [2.05, 4.69) is 22.5 Å². The van der Waals surface area contributed by atoms with Crippen LogP contribution in [0.15, 0.2) is 43.0 Å². The number of fused-ring (bicyclic) bond motifs is 1. The summed E-state index contributed by atoms with van der Waals surface area (Å²) in [5, 5.41) is 8.00. The van der Waals surface area contributed by atoms with Gasteiger partial charge in [-0.3, -0.25) is 24.0 Å². The zero-order valence-corrected chi connectivity index (χ0v) is 29.1. The zero-order valence-electron chi connectivity index (χ0n) is 29.1. The van der Waals surface area contributed by atoms with Gasteiger partial charge in [0.15, 0.2) is 0 Å². The molecule has 0 spiro atoms. The van der Waals surface area contributed by atoms with E-state index in [1.165, 1.54) is 4.90 Å². The molecule has 0 bridgehead atoms. The zero-order chi connectivity index (χ0) is 35.3. The number of amides is 4. The van der Waals surface area contributed by atoms with Gasteiger partial charge in [-0.1, -0.05) is 71.0 Å². The fraction of sp³-hybridized carbons (Fsp3) is 0.611. The van der Waals surface area contributed by atoms with E-state index in [4.69, 9.17) is 4.74 Å². The first kappa shape index (κ1) is 37.4. The van der Waals surface area contributed by atoms with Gasteiger partial charge < -0.3 is 25.6 Å². The largest absolute Gasteiger partial charge is 0.444 e. The number of piperidine rings is 1. The average Bonchev–Trinajstić information content (AvgIpc) is 3.27. The van der Waals surface area contributed by atoms with Crippen molar-refractivity contribution in [1.29, 1.82) is 0 Å². The lowest BCUT2D eigenvalue weighted by atomic mass is 9.85. The van der Waals surface area contributed by atoms with Crippen molar-refractivity contribution < 1.29 is 33.5 Å². The summed E-state index contributed by atoms with van der Waals surface area (Å²) < 4.78 is 5.42. The molecule has 258 valence electrons. The first-order valence-electron chi connectivity index (χ1n) is 16.4. The number of likely N-dealkylation sites (tertiary alicyclic amines) is 1. The second-order valence-corrected chi connectivity index (χ2v) is 15.3. The summed E-state index contributed by atoms with van der Waals surface area (Å²) in [7, 11) is 0. The van der Waals surface area contributed by atoms with Gasteiger partial charge >= 0.3 is 6.09 Å². The van der Waals surface area contributed by atoms with Gasteiger partial charge in [0, 0.05) is 25.9 Å². The lowest BCUT2D eigenvalue weighted by Crippen LogP contribution is -2.60. The van der Waals surface area contributed by atoms with E-state index in [0.29, 0.717) is 13.0 Å². The number of benzene rings is 1. The number of rotatable bonds is 14. The molecule has 3 rings (SSSR count). The Kier molecular flexibility index (Phi) is 11.8. The van der Waals surface area contributed by atoms with E-state index < -0.39 is 58.7 Å². The van der Waals surface area contributed by atoms with E-state index in [1.54, 1.807) is 26.8 Å². The Labute approximate surface area is 278 Å². The molecule has 2 aliphatic rings. The number of alkyl carbamates (subject to hydrolysis) is 1. The van der Waals surface area contributed by atoms with Gasteiger partial charge in [-0.05, 0) is 61.8 Å². The molecule has 2 fully saturated rings. The summed E-state index contributed by atoms with van der Waals surface area (Å²) in [4.78, 5) is 80.8. The molecule has 47 heavy (non-hydrogen) atoms. The second-order valence-electron chi connectivity index (χ2n) is 15.3. The SMILES string of the molecule is C=CCCC(NC(=O)C1[C@@H]2[C@H](CN1C(=O)[C@@H](NC(=O)OC(C)(C)C)C(C)(C)C)C2(C)C)C(=O)C(=O)NCCC(=O)Cc1ccccc1. The third kappa shape index (κ3) is 9.74. The van der Waals surface area contributed by atoms with Gasteiger partial charge in [-0.2, -0.15) is 0 Å². The highest BCUT2D eigenvalue weighted by Crippen LogP contribution is 2.65. The number of ketones is 2. The van der Waals surface area contributed by atoms with Crippen molar-refractivity contribution in [2.45, 2.75) is 105 Å². The Bertz CT molecular complexity index is 1360. The topological polar surface area (TPSA) is 151 Å². The van der Waals surface area contributed by atoms with Crippen molar-refractivity contribution in [1.82, 2.24) is 20.9 Å². The van der Waals surface area contributed by atoms with Crippen LogP contribution in [0.5, 0.6) is 0 Å². The van der Waals surface area contributed by atoms with Crippen LogP contribution in [0.4, 0.5) is 4.79 Å². The summed E-state index contributed by atoms with van der Waals surface area (Å²) in [6.45, 7) is 18.7. The minimum Gasteiger partial charge on any atom is -0.444 e. The van der Waals surface area contributed by atoms with E-state index in [0.717, 1.165) is 5.56 Å². The number of carbonyl (C=O) groups is 6. The maximum Gasteiger partial charge on any atom is 0.408 e. The molecule has 5 atom stereocenters. The molecule has 1 aliphatic heterocycles. The van der Waals surface area contributed by atoms with Gasteiger partial charge in [0.05, 0.1) is 6.04 Å². The van der Waals surface area contributed by atoms with Gasteiger partial charge in [0.1, 0.15) is 23.5 Å². The standard InChI is InChI=1S/C36H52N4O7/c1-10-11-17-25(28(42)31(44)37-19-18-23(41)20-22-15-13-12-14-16-22)38-30(43)27-26-24(36(26,8)9)21-40(27)32(45)29(34(2,3)4)39-33(46)47-35(5,6)7/h10,12-16,24-27,29H,1,11,17-21H2,2-9H3,(H,37,44)(H,38,43)(H,39,46)/t24-,25?,26-,27?,29+/m0/s1. The lowest BCUT2D eigenvalue weighted by Gasteiger charge is -2.38. The fourth-order valence-corrected chi connectivity index (χ4v) is 6.34. The maximum absolute atomic E-state index is 14.1. The maximum atomic E-state index is 14.1. The third-order valence-corrected chi connectivity index (χ3v) is 8.98. The highest BCUT2D eigenvalue weighted by molar-refractivity contribution is 6.38. The minimum atomic E-state index is -1.16. The van der Waals surface area contributed by atoms with Crippen LogP contribution in [0.25, 0.3) is 0 Å². The van der Waals surface area contributed by atoms with E-state index in [9.17, 15) is 28.8 Å². The third-order valence-electron chi connectivity index (χ3n) is 8.98. The number of hydrogen-bond acceptors (Lipinski definition) is 7. The smallest absolute Gasteiger partial charge is 0.408 e. The molecular formula is C36H52N4O7. The fourth-order valence-electron chi connectivity index (χ4n) is 6.34. The lowest BCUT2D eigenvalue weighted by molar-refractivity contribution is -0.145. The van der Waals surface area contributed by atoms with Crippen LogP contribution in [0.2, 0.25) is 0 Å². The van der Waals surface area contributed by atoms with Gasteiger partial charge in [0.25, 0.3) is 5.91 Å². The minimum absolute atomic E-state index is 0.0138. The van der Waals surface area contributed by atoms with Crippen molar-refractivity contribution in [2.75, 3.05) is 13.1 Å². The first-order chi connectivity index (χ1) is 21.8. The molecule has 4 amide bonds. The van der Waals surface area contributed by atoms with Crippen LogP contribution in [0, 0.1) is 22.7 Å². The van der Waals surface area contributed by atoms with E-state index in [1.807, 2.05) is 65.0 Å². The van der Waals surface area contributed by atoms with Crippen LogP contribution < -0.4 is 16.0 Å². The molecule has 11 heteroatoms. The summed E-state index contributed by atoms with van der Waals surface area (Å²) in [6.07, 6.45) is 1.63. The number of allylic oxidation sites excluding steroid dienone is 1. The second kappa shape index (κ2) is 14.8. The average molecular weight is 653 g/mol. The van der Waals surface area contributed by atoms with E-state index >= 15 is 0 Å². The highest BCUT2D eigenvalue weighted by atomic mass is 16.6. The number of nitrogens with zero attached hydrogens (tertiary/aromatic N) is 1. The molecule has 1 aromatic rings. The molecule has 0 aromatic heterocycles. The molecular weight excluding hydrogens is 600 g/mol. The first-order valence-corrected chi connectivity index (χ1v) is 16.4. The molecule has 0 radical (unpaired) electrons. The highest BCUT2D eigenvalue weighted by Gasteiger charge is 2.70. The molecule has 11 nitrogen and oxygen atoms in total. The van der Waals surface area contributed by atoms with Gasteiger partial charge in [-0.15, -0.1) is 6.58 Å². The Balaban J connectivity index is 1.72. The Morgan fingerprint density at radius 1 is 1.02 bits per heavy atom. The molecule has 1 heterocycles. The summed E-state index contributed by atoms with van der Waals surface area (Å²) in [5.41, 5.74) is -0.824. The predicted molar refractivity (Wildman–Crippen MR) is 178 cm³/mol.